The maximum Gasteiger partial charge on any atom is 0.163 e. The van der Waals surface area contributed by atoms with Crippen molar-refractivity contribution in [1.82, 2.24) is 19.3 Å². The smallest absolute Gasteiger partial charge is 0.163 e. The first-order chi connectivity index (χ1) is 8.56. The van der Waals surface area contributed by atoms with Crippen LogP contribution in [0.15, 0.2) is 18.6 Å². The van der Waals surface area contributed by atoms with Crippen LogP contribution in [0.3, 0.4) is 0 Å². The van der Waals surface area contributed by atoms with Crippen LogP contribution in [-0.4, -0.2) is 31.5 Å². The van der Waals surface area contributed by atoms with Gasteiger partial charge >= 0.3 is 0 Å². The number of aromatic nitrogens is 4. The highest BCUT2D eigenvalue weighted by molar-refractivity contribution is 5.31. The van der Waals surface area contributed by atoms with Crippen molar-refractivity contribution in [3.63, 3.8) is 0 Å². The molecule has 0 aromatic carbocycles. The summed E-state index contributed by atoms with van der Waals surface area (Å²) in [6.45, 7) is 4.00. The molecule has 6 nitrogen and oxygen atoms in total. The first kappa shape index (κ1) is 12.6. The fraction of sp³-hybridized carbons (Fsp3) is 0.500. The van der Waals surface area contributed by atoms with Crippen LogP contribution in [0.2, 0.25) is 0 Å². The van der Waals surface area contributed by atoms with Gasteiger partial charge in [0.25, 0.3) is 0 Å². The van der Waals surface area contributed by atoms with Gasteiger partial charge in [0.2, 0.25) is 0 Å². The van der Waals surface area contributed by atoms with E-state index >= 15 is 0 Å². The van der Waals surface area contributed by atoms with E-state index in [9.17, 15) is 5.11 Å². The molecule has 2 rings (SSSR count). The molecular formula is C12H18N4O2. The highest BCUT2D eigenvalue weighted by Gasteiger charge is 2.25. The molecule has 0 aliphatic heterocycles. The van der Waals surface area contributed by atoms with Gasteiger partial charge in [0.05, 0.1) is 13.3 Å². The summed E-state index contributed by atoms with van der Waals surface area (Å²) in [6.07, 6.45) is 4.20. The van der Waals surface area contributed by atoms with Crippen molar-refractivity contribution in [2.24, 2.45) is 7.05 Å². The average molecular weight is 250 g/mol. The SMILES string of the molecule is COc1cnn(C(C)C)c1C(O)c1nccn1C. The highest BCUT2D eigenvalue weighted by atomic mass is 16.5. The molecule has 18 heavy (non-hydrogen) atoms. The molecule has 0 fully saturated rings. The average Bonchev–Trinajstić information content (AvgIpc) is 2.93. The summed E-state index contributed by atoms with van der Waals surface area (Å²) in [6, 6.07) is 0.138. The molecule has 2 heterocycles. The third-order valence-electron chi connectivity index (χ3n) is 2.87. The topological polar surface area (TPSA) is 65.1 Å². The Bertz CT molecular complexity index is 530. The summed E-state index contributed by atoms with van der Waals surface area (Å²) in [5.41, 5.74) is 0.627. The third kappa shape index (κ3) is 1.99. The van der Waals surface area contributed by atoms with Gasteiger partial charge in [-0.1, -0.05) is 0 Å². The van der Waals surface area contributed by atoms with Gasteiger partial charge in [0, 0.05) is 25.5 Å². The Labute approximate surface area is 106 Å². The fourth-order valence-corrected chi connectivity index (χ4v) is 1.95. The number of hydrogen-bond donors (Lipinski definition) is 1. The molecular weight excluding hydrogens is 232 g/mol. The zero-order chi connectivity index (χ0) is 13.3. The van der Waals surface area contributed by atoms with Crippen molar-refractivity contribution >= 4 is 0 Å². The monoisotopic (exact) mass is 250 g/mol. The quantitative estimate of drug-likeness (QED) is 0.888. The summed E-state index contributed by atoms with van der Waals surface area (Å²) in [5.74, 6) is 1.13. The molecule has 2 aromatic heterocycles. The number of hydrogen-bond acceptors (Lipinski definition) is 4. The van der Waals surface area contributed by atoms with Crippen molar-refractivity contribution < 1.29 is 9.84 Å². The van der Waals surface area contributed by atoms with Gasteiger partial charge in [-0.05, 0) is 13.8 Å². The van der Waals surface area contributed by atoms with Crippen LogP contribution in [0, 0.1) is 0 Å². The van der Waals surface area contributed by atoms with E-state index in [2.05, 4.69) is 10.1 Å². The van der Waals surface area contributed by atoms with E-state index in [1.807, 2.05) is 20.9 Å². The molecule has 0 spiro atoms. The molecule has 0 bridgehead atoms. The second-order valence-electron chi connectivity index (χ2n) is 4.44. The maximum atomic E-state index is 10.5. The molecule has 2 aromatic rings. The molecule has 0 saturated heterocycles. The molecule has 0 aliphatic rings. The third-order valence-corrected chi connectivity index (χ3v) is 2.87. The van der Waals surface area contributed by atoms with Crippen LogP contribution >= 0.6 is 0 Å². The first-order valence-electron chi connectivity index (χ1n) is 5.83. The summed E-state index contributed by atoms with van der Waals surface area (Å²) in [4.78, 5) is 4.16. The standard InChI is InChI=1S/C12H18N4O2/c1-8(2)16-10(9(18-4)7-14-16)11(17)12-13-5-6-15(12)3/h5-8,11,17H,1-4H3. The summed E-state index contributed by atoms with van der Waals surface area (Å²) in [5, 5.41) is 14.7. The minimum absolute atomic E-state index is 0.138. The molecule has 1 unspecified atom stereocenters. The van der Waals surface area contributed by atoms with Gasteiger partial charge in [0.1, 0.15) is 11.5 Å². The largest absolute Gasteiger partial charge is 0.493 e. The van der Waals surface area contributed by atoms with E-state index in [0.29, 0.717) is 17.3 Å². The van der Waals surface area contributed by atoms with E-state index in [1.165, 1.54) is 0 Å². The Morgan fingerprint density at radius 1 is 1.39 bits per heavy atom. The Balaban J connectivity index is 2.49. The van der Waals surface area contributed by atoms with Crippen molar-refractivity contribution in [3.05, 3.63) is 30.1 Å². The molecule has 0 saturated carbocycles. The number of rotatable bonds is 4. The number of aliphatic hydroxyl groups is 1. The lowest BCUT2D eigenvalue weighted by Crippen LogP contribution is -2.15. The van der Waals surface area contributed by atoms with E-state index in [4.69, 9.17) is 4.74 Å². The number of aryl methyl sites for hydroxylation is 1. The van der Waals surface area contributed by atoms with Crippen LogP contribution in [0.25, 0.3) is 0 Å². The molecule has 98 valence electrons. The number of aliphatic hydroxyl groups excluding tert-OH is 1. The van der Waals surface area contributed by atoms with Crippen LogP contribution in [-0.2, 0) is 7.05 Å². The first-order valence-corrected chi connectivity index (χ1v) is 5.83. The van der Waals surface area contributed by atoms with Crippen LogP contribution in [0.5, 0.6) is 5.75 Å². The minimum Gasteiger partial charge on any atom is -0.493 e. The van der Waals surface area contributed by atoms with E-state index in [0.717, 1.165) is 0 Å². The van der Waals surface area contributed by atoms with Crippen LogP contribution < -0.4 is 4.74 Å². The summed E-state index contributed by atoms with van der Waals surface area (Å²) < 4.78 is 8.78. The van der Waals surface area contributed by atoms with Gasteiger partial charge in [-0.25, -0.2) is 4.98 Å². The fourth-order valence-electron chi connectivity index (χ4n) is 1.95. The van der Waals surface area contributed by atoms with E-state index in [-0.39, 0.29) is 6.04 Å². The molecule has 1 atom stereocenters. The Morgan fingerprint density at radius 3 is 2.61 bits per heavy atom. The van der Waals surface area contributed by atoms with Gasteiger partial charge in [0.15, 0.2) is 11.9 Å². The lowest BCUT2D eigenvalue weighted by Gasteiger charge is -2.17. The lowest BCUT2D eigenvalue weighted by molar-refractivity contribution is 0.187. The summed E-state index contributed by atoms with van der Waals surface area (Å²) in [7, 11) is 3.41. The van der Waals surface area contributed by atoms with Crippen LogP contribution in [0.4, 0.5) is 0 Å². The maximum absolute atomic E-state index is 10.5. The second-order valence-corrected chi connectivity index (χ2v) is 4.44. The molecule has 6 heteroatoms. The predicted octanol–water partition coefficient (Wildman–Crippen LogP) is 1.29. The van der Waals surface area contributed by atoms with E-state index in [1.54, 1.807) is 34.9 Å². The molecule has 0 amide bonds. The number of imidazole rings is 1. The zero-order valence-electron chi connectivity index (χ0n) is 11.0. The van der Waals surface area contributed by atoms with Crippen molar-refractivity contribution in [2.75, 3.05) is 7.11 Å². The number of nitrogens with zero attached hydrogens (tertiary/aromatic N) is 4. The van der Waals surface area contributed by atoms with Gasteiger partial charge in [-0.15, -0.1) is 0 Å². The Morgan fingerprint density at radius 2 is 2.11 bits per heavy atom. The molecule has 1 N–H and O–H groups in total. The van der Waals surface area contributed by atoms with Gasteiger partial charge < -0.3 is 14.4 Å². The normalized spacial score (nSPS) is 13.0. The Hall–Kier alpha value is -1.82. The Kier molecular flexibility index (Phi) is 3.38. The van der Waals surface area contributed by atoms with Crippen molar-refractivity contribution in [1.29, 1.82) is 0 Å². The van der Waals surface area contributed by atoms with Gasteiger partial charge in [-0.3, -0.25) is 4.68 Å². The lowest BCUT2D eigenvalue weighted by atomic mass is 10.2. The molecule has 0 radical (unpaired) electrons. The number of ether oxygens (including phenoxy) is 1. The van der Waals surface area contributed by atoms with Crippen LogP contribution in [0.1, 0.15) is 37.5 Å². The van der Waals surface area contributed by atoms with E-state index < -0.39 is 6.10 Å². The highest BCUT2D eigenvalue weighted by Crippen LogP contribution is 2.30. The summed E-state index contributed by atoms with van der Waals surface area (Å²) >= 11 is 0. The van der Waals surface area contributed by atoms with Gasteiger partial charge in [-0.2, -0.15) is 5.10 Å². The van der Waals surface area contributed by atoms with Crippen molar-refractivity contribution in [2.45, 2.75) is 26.0 Å². The van der Waals surface area contributed by atoms with Crippen molar-refractivity contribution in [3.8, 4) is 5.75 Å². The predicted molar refractivity (Wildman–Crippen MR) is 66.4 cm³/mol. The minimum atomic E-state index is -0.857. The second kappa shape index (κ2) is 4.81. The molecule has 0 aliphatic carbocycles. The number of methoxy groups -OCH3 is 1. The zero-order valence-corrected chi connectivity index (χ0v) is 11.0.